The summed E-state index contributed by atoms with van der Waals surface area (Å²) in [7, 11) is 0. The summed E-state index contributed by atoms with van der Waals surface area (Å²) < 4.78 is 6.57. The number of aliphatic hydroxyl groups excluding tert-OH is 1. The van der Waals surface area contributed by atoms with Crippen LogP contribution in [0.5, 0.6) is 0 Å². The Bertz CT molecular complexity index is 643. The summed E-state index contributed by atoms with van der Waals surface area (Å²) >= 11 is 3.41. The lowest BCUT2D eigenvalue weighted by Gasteiger charge is -2.31. The van der Waals surface area contributed by atoms with Crippen LogP contribution < -0.4 is 5.32 Å². The van der Waals surface area contributed by atoms with Crippen LogP contribution in [0.4, 0.5) is 0 Å². The SMILES string of the molecule is Cc1c(C(=O)NC2CC(O)C2)oc2ccc(Br)cc12. The number of aryl methyl sites for hydroxylation is 1. The minimum atomic E-state index is -0.280. The number of halogens is 1. The van der Waals surface area contributed by atoms with Gasteiger partial charge < -0.3 is 14.8 Å². The fourth-order valence-electron chi connectivity index (χ4n) is 2.37. The standard InChI is InChI=1S/C14H14BrNO3/c1-7-11-4-8(15)2-3-12(11)19-13(7)14(18)16-9-5-10(17)6-9/h2-4,9-10,17H,5-6H2,1H3,(H,16,18). The predicted octanol–water partition coefficient (Wildman–Crippen LogP) is 2.76. The molecule has 0 bridgehead atoms. The first-order chi connectivity index (χ1) is 9.04. The van der Waals surface area contributed by atoms with Gasteiger partial charge >= 0.3 is 0 Å². The van der Waals surface area contributed by atoms with Gasteiger partial charge in [0, 0.05) is 21.5 Å². The molecule has 0 atom stereocenters. The van der Waals surface area contributed by atoms with Gasteiger partial charge in [-0.25, -0.2) is 0 Å². The van der Waals surface area contributed by atoms with Crippen LogP contribution in [0.3, 0.4) is 0 Å². The molecule has 2 N–H and O–H groups in total. The number of fused-ring (bicyclic) bond motifs is 1. The monoisotopic (exact) mass is 323 g/mol. The van der Waals surface area contributed by atoms with Crippen molar-refractivity contribution in [2.75, 3.05) is 0 Å². The van der Waals surface area contributed by atoms with Gasteiger partial charge in [0.15, 0.2) is 5.76 Å². The van der Waals surface area contributed by atoms with E-state index in [1.807, 2.05) is 25.1 Å². The summed E-state index contributed by atoms with van der Waals surface area (Å²) in [5, 5.41) is 13.0. The van der Waals surface area contributed by atoms with Crippen molar-refractivity contribution in [2.45, 2.75) is 31.9 Å². The lowest BCUT2D eigenvalue weighted by molar-refractivity contribution is 0.0551. The summed E-state index contributed by atoms with van der Waals surface area (Å²) in [5.41, 5.74) is 1.55. The lowest BCUT2D eigenvalue weighted by Crippen LogP contribution is -2.46. The number of carbonyl (C=O) groups is 1. The molecule has 1 heterocycles. The zero-order valence-corrected chi connectivity index (χ0v) is 12.0. The molecule has 4 nitrogen and oxygen atoms in total. The molecule has 1 aliphatic carbocycles. The molecule has 2 aromatic rings. The molecule has 1 amide bonds. The molecule has 0 saturated heterocycles. The largest absolute Gasteiger partial charge is 0.451 e. The van der Waals surface area contributed by atoms with Gasteiger partial charge in [0.05, 0.1) is 6.10 Å². The minimum Gasteiger partial charge on any atom is -0.451 e. The van der Waals surface area contributed by atoms with Gasteiger partial charge in [0.25, 0.3) is 5.91 Å². The molecular weight excluding hydrogens is 310 g/mol. The molecule has 1 aromatic carbocycles. The van der Waals surface area contributed by atoms with Crippen molar-refractivity contribution in [2.24, 2.45) is 0 Å². The third kappa shape index (κ3) is 2.28. The van der Waals surface area contributed by atoms with Crippen LogP contribution in [-0.4, -0.2) is 23.2 Å². The van der Waals surface area contributed by atoms with Gasteiger partial charge in [0.2, 0.25) is 0 Å². The van der Waals surface area contributed by atoms with Crippen LogP contribution in [0.25, 0.3) is 11.0 Å². The average molecular weight is 324 g/mol. The number of amides is 1. The number of aliphatic hydroxyl groups is 1. The van der Waals surface area contributed by atoms with Crippen molar-refractivity contribution in [1.82, 2.24) is 5.32 Å². The second-order valence-corrected chi connectivity index (χ2v) is 5.91. The summed E-state index contributed by atoms with van der Waals surface area (Å²) in [4.78, 5) is 12.1. The van der Waals surface area contributed by atoms with Gasteiger partial charge in [-0.2, -0.15) is 0 Å². The average Bonchev–Trinajstić information content (AvgIpc) is 2.65. The zero-order valence-electron chi connectivity index (χ0n) is 10.4. The van der Waals surface area contributed by atoms with Crippen molar-refractivity contribution in [3.8, 4) is 0 Å². The van der Waals surface area contributed by atoms with Gasteiger partial charge in [-0.15, -0.1) is 0 Å². The smallest absolute Gasteiger partial charge is 0.287 e. The molecule has 1 aliphatic rings. The van der Waals surface area contributed by atoms with E-state index < -0.39 is 0 Å². The van der Waals surface area contributed by atoms with Gasteiger partial charge in [0.1, 0.15) is 5.58 Å². The van der Waals surface area contributed by atoms with Crippen LogP contribution in [0.1, 0.15) is 29.0 Å². The number of hydrogen-bond acceptors (Lipinski definition) is 3. The first kappa shape index (κ1) is 12.7. The van der Waals surface area contributed by atoms with Crippen LogP contribution in [0.2, 0.25) is 0 Å². The molecule has 100 valence electrons. The Morgan fingerprint density at radius 1 is 1.47 bits per heavy atom. The van der Waals surface area contributed by atoms with E-state index in [0.717, 1.165) is 15.4 Å². The van der Waals surface area contributed by atoms with Crippen molar-refractivity contribution >= 4 is 32.8 Å². The van der Waals surface area contributed by atoms with Gasteiger partial charge in [-0.1, -0.05) is 15.9 Å². The summed E-state index contributed by atoms with van der Waals surface area (Å²) in [6.07, 6.45) is 0.964. The van der Waals surface area contributed by atoms with Crippen molar-refractivity contribution in [1.29, 1.82) is 0 Å². The maximum atomic E-state index is 12.1. The molecule has 1 saturated carbocycles. The van der Waals surface area contributed by atoms with Crippen molar-refractivity contribution in [3.05, 3.63) is 34.0 Å². The second-order valence-electron chi connectivity index (χ2n) is 4.99. The van der Waals surface area contributed by atoms with Crippen LogP contribution >= 0.6 is 15.9 Å². The zero-order chi connectivity index (χ0) is 13.6. The first-order valence-electron chi connectivity index (χ1n) is 6.22. The highest BCUT2D eigenvalue weighted by atomic mass is 79.9. The number of benzene rings is 1. The molecule has 19 heavy (non-hydrogen) atoms. The summed E-state index contributed by atoms with van der Waals surface area (Å²) in [5.74, 6) is 0.149. The van der Waals surface area contributed by atoms with E-state index in [1.54, 1.807) is 0 Å². The van der Waals surface area contributed by atoms with E-state index in [0.29, 0.717) is 24.2 Å². The molecule has 0 unspecified atom stereocenters. The minimum absolute atomic E-state index is 0.0573. The molecule has 5 heteroatoms. The Morgan fingerprint density at radius 3 is 2.89 bits per heavy atom. The Kier molecular flexibility index (Phi) is 3.11. The number of hydrogen-bond donors (Lipinski definition) is 2. The maximum Gasteiger partial charge on any atom is 0.287 e. The van der Waals surface area contributed by atoms with Crippen molar-refractivity contribution < 1.29 is 14.3 Å². The van der Waals surface area contributed by atoms with Crippen LogP contribution in [0.15, 0.2) is 27.1 Å². The fourth-order valence-corrected chi connectivity index (χ4v) is 2.73. The molecule has 3 rings (SSSR count). The highest BCUT2D eigenvalue weighted by Gasteiger charge is 2.30. The number of carbonyl (C=O) groups excluding carboxylic acids is 1. The summed E-state index contributed by atoms with van der Waals surface area (Å²) in [6, 6.07) is 5.73. The van der Waals surface area contributed by atoms with Crippen LogP contribution in [0, 0.1) is 6.92 Å². The van der Waals surface area contributed by atoms with Gasteiger partial charge in [-0.05, 0) is 38.0 Å². The fraction of sp³-hybridized carbons (Fsp3) is 0.357. The molecule has 0 aliphatic heterocycles. The lowest BCUT2D eigenvalue weighted by atomic mass is 9.89. The second kappa shape index (κ2) is 4.65. The summed E-state index contributed by atoms with van der Waals surface area (Å²) in [6.45, 7) is 1.88. The van der Waals surface area contributed by atoms with E-state index in [4.69, 9.17) is 4.42 Å². The normalized spacial score (nSPS) is 22.3. The van der Waals surface area contributed by atoms with E-state index in [-0.39, 0.29) is 18.1 Å². The number of furan rings is 1. The molecule has 1 aromatic heterocycles. The molecule has 0 radical (unpaired) electrons. The van der Waals surface area contributed by atoms with Gasteiger partial charge in [-0.3, -0.25) is 4.79 Å². The van der Waals surface area contributed by atoms with E-state index in [2.05, 4.69) is 21.2 Å². The topological polar surface area (TPSA) is 62.5 Å². The van der Waals surface area contributed by atoms with Crippen LogP contribution in [-0.2, 0) is 0 Å². The molecule has 0 spiro atoms. The Morgan fingerprint density at radius 2 is 2.21 bits per heavy atom. The third-order valence-corrected chi connectivity index (χ3v) is 4.05. The highest BCUT2D eigenvalue weighted by molar-refractivity contribution is 9.10. The quantitative estimate of drug-likeness (QED) is 0.893. The Balaban J connectivity index is 1.87. The molecule has 1 fully saturated rings. The predicted molar refractivity (Wildman–Crippen MR) is 75.1 cm³/mol. The first-order valence-corrected chi connectivity index (χ1v) is 7.01. The maximum absolute atomic E-state index is 12.1. The van der Waals surface area contributed by atoms with E-state index in [1.165, 1.54) is 0 Å². The Hall–Kier alpha value is -1.33. The highest BCUT2D eigenvalue weighted by Crippen LogP contribution is 2.28. The van der Waals surface area contributed by atoms with Crippen molar-refractivity contribution in [3.63, 3.8) is 0 Å². The van der Waals surface area contributed by atoms with E-state index >= 15 is 0 Å². The number of nitrogens with one attached hydrogen (secondary N) is 1. The Labute approximate surface area is 118 Å². The number of rotatable bonds is 2. The van der Waals surface area contributed by atoms with E-state index in [9.17, 15) is 9.90 Å². The third-order valence-electron chi connectivity index (χ3n) is 3.55. The molecular formula is C14H14BrNO3.